The largest absolute Gasteiger partial charge is 0.504 e. The maximum atomic E-state index is 12.7. The zero-order valence-corrected chi connectivity index (χ0v) is 14.1. The highest BCUT2D eigenvalue weighted by atomic mass is 32.2. The van der Waals surface area contributed by atoms with Crippen LogP contribution in [-0.2, 0) is 4.79 Å². The zero-order chi connectivity index (χ0) is 17.3. The predicted octanol–water partition coefficient (Wildman–Crippen LogP) is 3.76. The lowest BCUT2D eigenvalue weighted by Gasteiger charge is -2.14. The van der Waals surface area contributed by atoms with Crippen molar-refractivity contribution in [1.82, 2.24) is 0 Å². The van der Waals surface area contributed by atoms with E-state index in [1.54, 1.807) is 18.2 Å². The van der Waals surface area contributed by atoms with Crippen molar-refractivity contribution in [2.45, 2.75) is 6.92 Å². The molecule has 0 aromatic heterocycles. The number of rotatable bonds is 3. The maximum absolute atomic E-state index is 12.7. The Labute approximate surface area is 144 Å². The number of benzene rings is 2. The Morgan fingerprint density at radius 3 is 2.75 bits per heavy atom. The summed E-state index contributed by atoms with van der Waals surface area (Å²) >= 11 is 1.11. The number of thioether (sulfide) groups is 1. The van der Waals surface area contributed by atoms with Gasteiger partial charge < -0.3 is 9.84 Å². The highest BCUT2D eigenvalue weighted by molar-refractivity contribution is 8.19. The SMILES string of the molecule is COc1cc(/C=C2\SC(=N)N(c3cccc(C)c3)C2=O)ccc1O. The van der Waals surface area contributed by atoms with Gasteiger partial charge in [0.2, 0.25) is 0 Å². The number of hydrogen-bond acceptors (Lipinski definition) is 5. The van der Waals surface area contributed by atoms with E-state index in [0.717, 1.165) is 22.9 Å². The molecule has 2 N–H and O–H groups in total. The van der Waals surface area contributed by atoms with Gasteiger partial charge in [-0.1, -0.05) is 18.2 Å². The Kier molecular flexibility index (Phi) is 4.31. The summed E-state index contributed by atoms with van der Waals surface area (Å²) in [4.78, 5) is 14.5. The fourth-order valence-electron chi connectivity index (χ4n) is 2.42. The van der Waals surface area contributed by atoms with Gasteiger partial charge in [0.15, 0.2) is 16.7 Å². The van der Waals surface area contributed by atoms with E-state index >= 15 is 0 Å². The molecule has 1 aliphatic rings. The van der Waals surface area contributed by atoms with Crippen molar-refractivity contribution in [3.63, 3.8) is 0 Å². The molecule has 6 heteroatoms. The molecule has 24 heavy (non-hydrogen) atoms. The first kappa shape index (κ1) is 16.1. The number of amidine groups is 1. The lowest BCUT2D eigenvalue weighted by atomic mass is 10.1. The van der Waals surface area contributed by atoms with Crippen molar-refractivity contribution >= 4 is 34.6 Å². The standard InChI is InChI=1S/C18H16N2O3S/c1-11-4-3-5-13(8-11)20-17(22)16(24-18(20)19)10-12-6-7-14(21)15(9-12)23-2/h3-10,19,21H,1-2H3/b16-10-,19-18?. The smallest absolute Gasteiger partial charge is 0.271 e. The molecule has 0 radical (unpaired) electrons. The maximum Gasteiger partial charge on any atom is 0.271 e. The Bertz CT molecular complexity index is 861. The number of aromatic hydroxyl groups is 1. The van der Waals surface area contributed by atoms with Crippen molar-refractivity contribution in [2.24, 2.45) is 0 Å². The van der Waals surface area contributed by atoms with Crippen LogP contribution < -0.4 is 9.64 Å². The van der Waals surface area contributed by atoms with Crippen molar-refractivity contribution in [3.8, 4) is 11.5 Å². The van der Waals surface area contributed by atoms with Crippen LogP contribution in [0.4, 0.5) is 5.69 Å². The number of aryl methyl sites for hydroxylation is 1. The lowest BCUT2D eigenvalue weighted by molar-refractivity contribution is -0.113. The molecule has 0 spiro atoms. The number of ether oxygens (including phenoxy) is 1. The third-order valence-electron chi connectivity index (χ3n) is 3.58. The molecule has 2 aromatic rings. The summed E-state index contributed by atoms with van der Waals surface area (Å²) in [6.45, 7) is 1.94. The third-order valence-corrected chi connectivity index (χ3v) is 4.47. The second-order valence-electron chi connectivity index (χ2n) is 5.33. The molecule has 0 bridgehead atoms. The summed E-state index contributed by atoms with van der Waals surface area (Å²) in [5.41, 5.74) is 2.43. The molecular weight excluding hydrogens is 324 g/mol. The predicted molar refractivity (Wildman–Crippen MR) is 96.6 cm³/mol. The Balaban J connectivity index is 1.94. The number of carbonyl (C=O) groups excluding carboxylic acids is 1. The van der Waals surface area contributed by atoms with Crippen LogP contribution >= 0.6 is 11.8 Å². The molecule has 1 aliphatic heterocycles. The minimum atomic E-state index is -0.234. The van der Waals surface area contributed by atoms with Crippen LogP contribution in [0.3, 0.4) is 0 Å². The van der Waals surface area contributed by atoms with Gasteiger partial charge >= 0.3 is 0 Å². The van der Waals surface area contributed by atoms with Gasteiger partial charge in [0.25, 0.3) is 5.91 Å². The van der Waals surface area contributed by atoms with E-state index in [-0.39, 0.29) is 16.8 Å². The van der Waals surface area contributed by atoms with Gasteiger partial charge in [-0.25, -0.2) is 0 Å². The molecule has 122 valence electrons. The van der Waals surface area contributed by atoms with Crippen LogP contribution in [0, 0.1) is 12.3 Å². The summed E-state index contributed by atoms with van der Waals surface area (Å²) in [6.07, 6.45) is 1.69. The van der Waals surface area contributed by atoms with E-state index in [2.05, 4.69) is 0 Å². The van der Waals surface area contributed by atoms with E-state index in [0.29, 0.717) is 16.3 Å². The first-order valence-electron chi connectivity index (χ1n) is 7.26. The number of phenolic OH excluding ortho intramolecular Hbond substituents is 1. The Morgan fingerprint density at radius 1 is 1.25 bits per heavy atom. The molecule has 5 nitrogen and oxygen atoms in total. The van der Waals surface area contributed by atoms with E-state index in [1.807, 2.05) is 31.2 Å². The minimum Gasteiger partial charge on any atom is -0.504 e. The average molecular weight is 340 g/mol. The van der Waals surface area contributed by atoms with Crippen LogP contribution in [0.15, 0.2) is 47.4 Å². The number of phenols is 1. The lowest BCUT2D eigenvalue weighted by Crippen LogP contribution is -2.28. The van der Waals surface area contributed by atoms with Gasteiger partial charge in [0, 0.05) is 0 Å². The minimum absolute atomic E-state index is 0.0409. The highest BCUT2D eigenvalue weighted by Gasteiger charge is 2.33. The number of methoxy groups -OCH3 is 1. The van der Waals surface area contributed by atoms with E-state index < -0.39 is 0 Å². The van der Waals surface area contributed by atoms with E-state index in [9.17, 15) is 9.90 Å². The summed E-state index contributed by atoms with van der Waals surface area (Å²) in [7, 11) is 1.47. The molecular formula is C18H16N2O3S. The van der Waals surface area contributed by atoms with Gasteiger partial charge in [-0.2, -0.15) is 0 Å². The molecule has 1 fully saturated rings. The molecule has 0 aliphatic carbocycles. The van der Waals surface area contributed by atoms with E-state index in [4.69, 9.17) is 10.1 Å². The normalized spacial score (nSPS) is 16.1. The zero-order valence-electron chi connectivity index (χ0n) is 13.2. The van der Waals surface area contributed by atoms with Crippen LogP contribution in [0.5, 0.6) is 11.5 Å². The van der Waals surface area contributed by atoms with Gasteiger partial charge in [-0.05, 0) is 60.2 Å². The topological polar surface area (TPSA) is 73.6 Å². The Morgan fingerprint density at radius 2 is 2.04 bits per heavy atom. The number of anilines is 1. The molecule has 2 aromatic carbocycles. The molecule has 0 atom stereocenters. The Hall–Kier alpha value is -2.73. The molecule has 0 saturated carbocycles. The van der Waals surface area contributed by atoms with Crippen LogP contribution in [0.25, 0.3) is 6.08 Å². The van der Waals surface area contributed by atoms with Gasteiger partial charge in [0.05, 0.1) is 17.7 Å². The molecule has 1 amide bonds. The van der Waals surface area contributed by atoms with Crippen LogP contribution in [0.2, 0.25) is 0 Å². The summed E-state index contributed by atoms with van der Waals surface area (Å²) in [6, 6.07) is 12.3. The number of nitrogens with zero attached hydrogens (tertiary/aromatic N) is 1. The molecule has 1 saturated heterocycles. The summed E-state index contributed by atoms with van der Waals surface area (Å²) in [5, 5.41) is 17.9. The molecule has 1 heterocycles. The number of amides is 1. The fraction of sp³-hybridized carbons (Fsp3) is 0.111. The van der Waals surface area contributed by atoms with Crippen molar-refractivity contribution in [2.75, 3.05) is 12.0 Å². The van der Waals surface area contributed by atoms with Crippen molar-refractivity contribution in [3.05, 3.63) is 58.5 Å². The van der Waals surface area contributed by atoms with E-state index in [1.165, 1.54) is 18.1 Å². The molecule has 3 rings (SSSR count). The fourth-order valence-corrected chi connectivity index (χ4v) is 3.29. The summed E-state index contributed by atoms with van der Waals surface area (Å²) < 4.78 is 5.08. The van der Waals surface area contributed by atoms with Crippen LogP contribution in [0.1, 0.15) is 11.1 Å². The van der Waals surface area contributed by atoms with Crippen molar-refractivity contribution in [1.29, 1.82) is 5.41 Å². The first-order chi connectivity index (χ1) is 11.5. The number of nitrogens with one attached hydrogen (secondary N) is 1. The van der Waals surface area contributed by atoms with Gasteiger partial charge in [0.1, 0.15) is 0 Å². The number of hydrogen-bond donors (Lipinski definition) is 2. The quantitative estimate of drug-likeness (QED) is 0.834. The van der Waals surface area contributed by atoms with Gasteiger partial charge in [-0.3, -0.25) is 15.1 Å². The summed E-state index contributed by atoms with van der Waals surface area (Å²) in [5.74, 6) is 0.146. The second kappa shape index (κ2) is 6.41. The first-order valence-corrected chi connectivity index (χ1v) is 8.07. The average Bonchev–Trinajstić information content (AvgIpc) is 2.83. The second-order valence-corrected chi connectivity index (χ2v) is 6.36. The number of carbonyl (C=O) groups is 1. The van der Waals surface area contributed by atoms with Crippen LogP contribution in [-0.4, -0.2) is 23.3 Å². The highest BCUT2D eigenvalue weighted by Crippen LogP contribution is 2.36. The monoisotopic (exact) mass is 340 g/mol. The van der Waals surface area contributed by atoms with Gasteiger partial charge in [-0.15, -0.1) is 0 Å². The molecule has 0 unspecified atom stereocenters. The van der Waals surface area contributed by atoms with Crippen molar-refractivity contribution < 1.29 is 14.6 Å². The third kappa shape index (κ3) is 3.00.